The third-order valence-corrected chi connectivity index (χ3v) is 6.60. The lowest BCUT2D eigenvalue weighted by atomic mass is 10.1. The number of hydrogen-bond acceptors (Lipinski definition) is 7. The standard InChI is InChI=1S/C20H27N3O.C14H14FN3/c1-4-5-6-9-12-23(15-16(2)3)17-13-19(22-21-14-17)18-10-7-8-11-20(18)24;1-11-4-5-12(9-16)14(17-11)3-2-7-18-8-6-13(15)10-18/h6-11,13-14,16,24H,4-5,12,15H2,1-3H3;4-5,13H,6-8,10H2,1H3/b9-6-;. The van der Waals surface area contributed by atoms with Gasteiger partial charge in [-0.2, -0.15) is 15.5 Å². The topological polar surface area (TPSA) is 89.2 Å². The maximum absolute atomic E-state index is 13.0. The number of hydrogen-bond donors (Lipinski definition) is 1. The van der Waals surface area contributed by atoms with Crippen LogP contribution in [0.1, 0.15) is 57.0 Å². The first-order chi connectivity index (χ1) is 20.3. The summed E-state index contributed by atoms with van der Waals surface area (Å²) in [5.41, 5.74) is 4.25. The number of benzene rings is 1. The molecule has 4 rings (SSSR count). The summed E-state index contributed by atoms with van der Waals surface area (Å²) in [4.78, 5) is 8.51. The second-order valence-electron chi connectivity index (χ2n) is 10.8. The monoisotopic (exact) mass is 568 g/mol. The third-order valence-electron chi connectivity index (χ3n) is 6.60. The van der Waals surface area contributed by atoms with Crippen LogP contribution in [0, 0.1) is 36.0 Å². The molecule has 1 unspecified atom stereocenters. The molecule has 0 radical (unpaired) electrons. The fraction of sp³-hybridized carbons (Fsp3) is 0.412. The first kappa shape index (κ1) is 32.2. The van der Waals surface area contributed by atoms with E-state index in [4.69, 9.17) is 5.26 Å². The lowest BCUT2D eigenvalue weighted by molar-refractivity contribution is 0.308. The summed E-state index contributed by atoms with van der Waals surface area (Å²) in [5.74, 6) is 6.63. The van der Waals surface area contributed by atoms with Crippen molar-refractivity contribution in [1.29, 1.82) is 5.26 Å². The highest BCUT2D eigenvalue weighted by Gasteiger charge is 2.20. The molecule has 1 aliphatic heterocycles. The number of likely N-dealkylation sites (tertiary alicyclic amines) is 1. The van der Waals surface area contributed by atoms with Crippen LogP contribution in [0.3, 0.4) is 0 Å². The Kier molecular flexibility index (Phi) is 12.9. The molecule has 1 aliphatic rings. The Morgan fingerprint density at radius 2 is 2.02 bits per heavy atom. The quantitative estimate of drug-likeness (QED) is 0.239. The lowest BCUT2D eigenvalue weighted by Gasteiger charge is -2.25. The summed E-state index contributed by atoms with van der Waals surface area (Å²) < 4.78 is 13.0. The van der Waals surface area contributed by atoms with Gasteiger partial charge in [0.05, 0.1) is 29.7 Å². The molecular weight excluding hydrogens is 527 g/mol. The van der Waals surface area contributed by atoms with E-state index in [0.717, 1.165) is 43.9 Å². The number of alkyl halides is 1. The molecule has 0 bridgehead atoms. The summed E-state index contributed by atoms with van der Waals surface area (Å²) in [6.45, 7) is 12.0. The van der Waals surface area contributed by atoms with Gasteiger partial charge in [0.15, 0.2) is 0 Å². The van der Waals surface area contributed by atoms with Gasteiger partial charge in [0, 0.05) is 37.4 Å². The molecule has 2 aromatic heterocycles. The number of aromatic nitrogens is 3. The van der Waals surface area contributed by atoms with Gasteiger partial charge in [-0.15, -0.1) is 0 Å². The third kappa shape index (κ3) is 10.3. The molecule has 8 heteroatoms. The largest absolute Gasteiger partial charge is 0.507 e. The van der Waals surface area contributed by atoms with Crippen molar-refractivity contribution in [1.82, 2.24) is 20.1 Å². The van der Waals surface area contributed by atoms with E-state index in [1.54, 1.807) is 30.5 Å². The van der Waals surface area contributed by atoms with Crippen LogP contribution in [0.4, 0.5) is 10.1 Å². The summed E-state index contributed by atoms with van der Waals surface area (Å²) in [6.07, 6.45) is 8.37. The van der Waals surface area contributed by atoms with Crippen LogP contribution in [0.25, 0.3) is 11.3 Å². The Morgan fingerprint density at radius 1 is 1.21 bits per heavy atom. The number of nitriles is 1. The highest BCUT2D eigenvalue weighted by Crippen LogP contribution is 2.29. The minimum atomic E-state index is -0.724. The molecule has 0 saturated carbocycles. The predicted molar refractivity (Wildman–Crippen MR) is 167 cm³/mol. The van der Waals surface area contributed by atoms with E-state index in [1.165, 1.54) is 0 Å². The zero-order chi connectivity index (χ0) is 30.3. The number of nitrogens with zero attached hydrogens (tertiary/aromatic N) is 6. The number of pyridine rings is 1. The van der Waals surface area contributed by atoms with Crippen molar-refractivity contribution in [2.45, 2.75) is 53.1 Å². The molecule has 220 valence electrons. The summed E-state index contributed by atoms with van der Waals surface area (Å²) in [6, 6.07) is 14.8. The van der Waals surface area contributed by atoms with Gasteiger partial charge in [0.1, 0.15) is 23.7 Å². The molecule has 1 aromatic carbocycles. The molecule has 3 aromatic rings. The van der Waals surface area contributed by atoms with Crippen LogP contribution in [0.2, 0.25) is 0 Å². The number of unbranched alkanes of at least 4 members (excludes halogenated alkanes) is 1. The van der Waals surface area contributed by atoms with Gasteiger partial charge in [0.2, 0.25) is 0 Å². The molecule has 1 fully saturated rings. The van der Waals surface area contributed by atoms with Crippen LogP contribution in [-0.2, 0) is 0 Å². The summed E-state index contributed by atoms with van der Waals surface area (Å²) in [5, 5.41) is 27.3. The van der Waals surface area contributed by atoms with Gasteiger partial charge < -0.3 is 10.0 Å². The van der Waals surface area contributed by atoms with Crippen molar-refractivity contribution >= 4 is 5.69 Å². The molecular formula is C34H41FN6O. The number of phenolic OH excluding ortho intramolecular Hbond substituents is 1. The maximum atomic E-state index is 13.0. The number of halogens is 1. The van der Waals surface area contributed by atoms with E-state index in [0.29, 0.717) is 47.9 Å². The number of para-hydroxylation sites is 1. The molecule has 1 atom stereocenters. The Morgan fingerprint density at radius 3 is 2.71 bits per heavy atom. The van der Waals surface area contributed by atoms with E-state index < -0.39 is 6.17 Å². The Bertz CT molecular complexity index is 1420. The molecule has 3 heterocycles. The lowest BCUT2D eigenvalue weighted by Crippen LogP contribution is -2.28. The predicted octanol–water partition coefficient (Wildman–Crippen LogP) is 6.32. The van der Waals surface area contributed by atoms with Gasteiger partial charge in [-0.25, -0.2) is 9.37 Å². The van der Waals surface area contributed by atoms with Crippen molar-refractivity contribution < 1.29 is 9.50 Å². The first-order valence-corrected chi connectivity index (χ1v) is 14.5. The van der Waals surface area contributed by atoms with E-state index in [-0.39, 0.29) is 5.75 Å². The van der Waals surface area contributed by atoms with Crippen molar-refractivity contribution in [2.24, 2.45) is 5.92 Å². The average Bonchev–Trinajstić information content (AvgIpc) is 3.40. The summed E-state index contributed by atoms with van der Waals surface area (Å²) >= 11 is 0. The molecule has 0 amide bonds. The van der Waals surface area contributed by atoms with Gasteiger partial charge in [-0.3, -0.25) is 4.90 Å². The summed E-state index contributed by atoms with van der Waals surface area (Å²) in [7, 11) is 0. The first-order valence-electron chi connectivity index (χ1n) is 14.5. The van der Waals surface area contributed by atoms with Gasteiger partial charge in [0.25, 0.3) is 0 Å². The molecule has 1 saturated heterocycles. The van der Waals surface area contributed by atoms with E-state index >= 15 is 0 Å². The highest BCUT2D eigenvalue weighted by molar-refractivity contribution is 5.69. The van der Waals surface area contributed by atoms with Crippen LogP contribution < -0.4 is 4.90 Å². The Balaban J connectivity index is 0.000000240. The van der Waals surface area contributed by atoms with E-state index in [2.05, 4.69) is 70.9 Å². The Hall–Kier alpha value is -4.27. The van der Waals surface area contributed by atoms with Crippen molar-refractivity contribution in [3.05, 3.63) is 77.8 Å². The zero-order valence-corrected chi connectivity index (χ0v) is 25.1. The minimum absolute atomic E-state index is 0.224. The number of anilines is 1. The SMILES string of the molecule is CCC/C=C\CN(CC(C)C)c1cnnc(-c2ccccc2O)c1.Cc1ccc(C#N)c(C#CCN2CCC(F)C2)n1. The fourth-order valence-electron chi connectivity index (χ4n) is 4.47. The van der Waals surface area contributed by atoms with Gasteiger partial charge in [-0.1, -0.05) is 57.4 Å². The smallest absolute Gasteiger partial charge is 0.131 e. The molecule has 1 N–H and O–H groups in total. The number of rotatable bonds is 9. The molecule has 7 nitrogen and oxygen atoms in total. The van der Waals surface area contributed by atoms with Gasteiger partial charge >= 0.3 is 0 Å². The van der Waals surface area contributed by atoms with E-state index in [1.807, 2.05) is 30.0 Å². The van der Waals surface area contributed by atoms with Gasteiger partial charge in [-0.05, 0) is 61.9 Å². The van der Waals surface area contributed by atoms with Crippen molar-refractivity contribution in [3.63, 3.8) is 0 Å². The number of phenols is 1. The van der Waals surface area contributed by atoms with Crippen molar-refractivity contribution in [3.8, 4) is 34.9 Å². The van der Waals surface area contributed by atoms with E-state index in [9.17, 15) is 9.50 Å². The number of aromatic hydroxyl groups is 1. The second-order valence-corrected chi connectivity index (χ2v) is 10.8. The fourth-order valence-corrected chi connectivity index (χ4v) is 4.47. The number of allylic oxidation sites excluding steroid dienone is 1. The van der Waals surface area contributed by atoms with Crippen molar-refractivity contribution in [2.75, 3.05) is 37.6 Å². The average molecular weight is 569 g/mol. The van der Waals surface area contributed by atoms with Crippen LogP contribution in [0.15, 0.2) is 60.8 Å². The second kappa shape index (κ2) is 16.9. The normalized spacial score (nSPS) is 14.6. The van der Waals surface area contributed by atoms with Crippen LogP contribution in [0.5, 0.6) is 5.75 Å². The zero-order valence-electron chi connectivity index (χ0n) is 25.1. The minimum Gasteiger partial charge on any atom is -0.507 e. The van der Waals surface area contributed by atoms with Crippen LogP contribution in [-0.4, -0.2) is 64.1 Å². The van der Waals surface area contributed by atoms with Crippen LogP contribution >= 0.6 is 0 Å². The Labute approximate surface area is 249 Å². The maximum Gasteiger partial charge on any atom is 0.131 e. The highest BCUT2D eigenvalue weighted by atomic mass is 19.1. The molecule has 0 spiro atoms. The molecule has 42 heavy (non-hydrogen) atoms. The number of aryl methyl sites for hydroxylation is 1. The molecule has 0 aliphatic carbocycles.